The topological polar surface area (TPSA) is 37.3 Å². The summed E-state index contributed by atoms with van der Waals surface area (Å²) in [5.41, 5.74) is 2.73. The van der Waals surface area contributed by atoms with Crippen LogP contribution in [0.3, 0.4) is 0 Å². The molecule has 0 spiro atoms. The maximum atomic E-state index is 11.1. The molecule has 20 heavy (non-hydrogen) atoms. The highest BCUT2D eigenvalue weighted by Gasteiger charge is 2.52. The van der Waals surface area contributed by atoms with Crippen LogP contribution in [0.4, 0.5) is 0 Å². The molecule has 0 unspecified atom stereocenters. The van der Waals surface area contributed by atoms with Crippen LogP contribution < -0.4 is 0 Å². The Kier molecular flexibility index (Phi) is 2.70. The summed E-state index contributed by atoms with van der Waals surface area (Å²) in [6.07, 6.45) is 8.37. The summed E-state index contributed by atoms with van der Waals surface area (Å²) in [6.45, 7) is 0. The number of hydrogen-bond acceptors (Lipinski definition) is 1. The summed E-state index contributed by atoms with van der Waals surface area (Å²) >= 11 is 0. The number of carboxylic acids is 1. The summed E-state index contributed by atoms with van der Waals surface area (Å²) in [5, 5.41) is 9.17. The largest absolute Gasteiger partial charge is 0.481 e. The van der Waals surface area contributed by atoms with E-state index < -0.39 is 5.97 Å². The van der Waals surface area contributed by atoms with E-state index in [1.165, 1.54) is 44.1 Å². The molecule has 1 aromatic rings. The zero-order valence-electron chi connectivity index (χ0n) is 11.8. The van der Waals surface area contributed by atoms with E-state index in [0.717, 1.165) is 23.3 Å². The van der Waals surface area contributed by atoms with E-state index in [1.807, 2.05) is 12.1 Å². The Labute approximate surface area is 120 Å². The standard InChI is InChI=1S/C18H22O2/c19-17(20)8-15-3-1-2-4-16(15)18-9-12-5-13(10-18)7-14(6-12)11-18/h1-4,12-14H,5-11H2,(H,19,20). The molecule has 0 radical (unpaired) electrons. The van der Waals surface area contributed by atoms with Crippen LogP contribution in [0.5, 0.6) is 0 Å². The Hall–Kier alpha value is -1.31. The van der Waals surface area contributed by atoms with Crippen molar-refractivity contribution in [3.8, 4) is 0 Å². The zero-order chi connectivity index (χ0) is 13.7. The van der Waals surface area contributed by atoms with Gasteiger partial charge >= 0.3 is 5.97 Å². The average molecular weight is 270 g/mol. The second kappa shape index (κ2) is 4.34. The van der Waals surface area contributed by atoms with E-state index in [1.54, 1.807) is 0 Å². The summed E-state index contributed by atoms with van der Waals surface area (Å²) in [6, 6.07) is 8.33. The Morgan fingerprint density at radius 1 is 1.05 bits per heavy atom. The fourth-order valence-corrected chi connectivity index (χ4v) is 5.80. The molecule has 2 nitrogen and oxygen atoms in total. The van der Waals surface area contributed by atoms with Gasteiger partial charge in [-0.25, -0.2) is 0 Å². The fourth-order valence-electron chi connectivity index (χ4n) is 5.80. The Bertz CT molecular complexity index is 511. The Morgan fingerprint density at radius 3 is 2.15 bits per heavy atom. The van der Waals surface area contributed by atoms with Crippen LogP contribution in [0.2, 0.25) is 0 Å². The van der Waals surface area contributed by atoms with Crippen molar-refractivity contribution in [3.63, 3.8) is 0 Å². The molecule has 2 heteroatoms. The minimum atomic E-state index is -0.706. The first-order chi connectivity index (χ1) is 9.64. The number of aliphatic carboxylic acids is 1. The molecule has 0 amide bonds. The molecule has 5 rings (SSSR count). The third kappa shape index (κ3) is 1.88. The van der Waals surface area contributed by atoms with E-state index in [2.05, 4.69) is 12.1 Å². The molecule has 0 saturated heterocycles. The van der Waals surface area contributed by atoms with Crippen molar-refractivity contribution in [1.82, 2.24) is 0 Å². The first kappa shape index (κ1) is 12.4. The molecule has 4 bridgehead atoms. The van der Waals surface area contributed by atoms with Crippen LogP contribution in [0, 0.1) is 17.8 Å². The van der Waals surface area contributed by atoms with Gasteiger partial charge in [0.2, 0.25) is 0 Å². The molecule has 1 aromatic carbocycles. The number of carbonyl (C=O) groups is 1. The molecule has 4 aliphatic carbocycles. The predicted octanol–water partition coefficient (Wildman–Crippen LogP) is 3.78. The third-order valence-corrected chi connectivity index (χ3v) is 5.97. The van der Waals surface area contributed by atoms with Crippen LogP contribution >= 0.6 is 0 Å². The van der Waals surface area contributed by atoms with Gasteiger partial charge in [-0.15, -0.1) is 0 Å². The second-order valence-corrected chi connectivity index (χ2v) is 7.43. The van der Waals surface area contributed by atoms with Crippen molar-refractivity contribution >= 4 is 5.97 Å². The van der Waals surface area contributed by atoms with E-state index in [4.69, 9.17) is 0 Å². The Balaban J connectivity index is 1.75. The van der Waals surface area contributed by atoms with Crippen LogP contribution in [-0.2, 0) is 16.6 Å². The van der Waals surface area contributed by atoms with Gasteiger partial charge in [-0.3, -0.25) is 4.79 Å². The highest BCUT2D eigenvalue weighted by Crippen LogP contribution is 2.61. The van der Waals surface area contributed by atoms with Crippen LogP contribution in [-0.4, -0.2) is 11.1 Å². The lowest BCUT2D eigenvalue weighted by Gasteiger charge is -2.57. The van der Waals surface area contributed by atoms with E-state index in [-0.39, 0.29) is 6.42 Å². The van der Waals surface area contributed by atoms with Crippen LogP contribution in [0.25, 0.3) is 0 Å². The molecule has 0 aliphatic heterocycles. The molecular weight excluding hydrogens is 248 g/mol. The third-order valence-electron chi connectivity index (χ3n) is 5.97. The first-order valence-corrected chi connectivity index (χ1v) is 7.95. The van der Waals surface area contributed by atoms with Gasteiger partial charge in [0.15, 0.2) is 0 Å². The van der Waals surface area contributed by atoms with Gasteiger partial charge in [0, 0.05) is 0 Å². The van der Waals surface area contributed by atoms with Gasteiger partial charge in [0.05, 0.1) is 6.42 Å². The van der Waals surface area contributed by atoms with Crippen LogP contribution in [0.1, 0.15) is 49.7 Å². The lowest BCUT2D eigenvalue weighted by Crippen LogP contribution is -2.49. The maximum absolute atomic E-state index is 11.1. The smallest absolute Gasteiger partial charge is 0.307 e. The second-order valence-electron chi connectivity index (χ2n) is 7.43. The van der Waals surface area contributed by atoms with Gasteiger partial charge < -0.3 is 5.11 Å². The fraction of sp³-hybridized carbons (Fsp3) is 0.611. The van der Waals surface area contributed by atoms with Crippen molar-refractivity contribution in [2.75, 3.05) is 0 Å². The Morgan fingerprint density at radius 2 is 1.60 bits per heavy atom. The molecule has 0 heterocycles. The van der Waals surface area contributed by atoms with Gasteiger partial charge in [0.25, 0.3) is 0 Å². The van der Waals surface area contributed by atoms with E-state index >= 15 is 0 Å². The summed E-state index contributed by atoms with van der Waals surface area (Å²) < 4.78 is 0. The number of carboxylic acid groups (broad SMARTS) is 1. The molecule has 1 N–H and O–H groups in total. The van der Waals surface area contributed by atoms with E-state index in [9.17, 15) is 9.90 Å². The summed E-state index contributed by atoms with van der Waals surface area (Å²) in [7, 11) is 0. The highest BCUT2D eigenvalue weighted by atomic mass is 16.4. The molecule has 4 fully saturated rings. The summed E-state index contributed by atoms with van der Waals surface area (Å²) in [5.74, 6) is 2.00. The maximum Gasteiger partial charge on any atom is 0.307 e. The summed E-state index contributed by atoms with van der Waals surface area (Å²) in [4.78, 5) is 11.1. The minimum absolute atomic E-state index is 0.178. The molecule has 106 valence electrons. The molecular formula is C18H22O2. The highest BCUT2D eigenvalue weighted by molar-refractivity contribution is 5.71. The van der Waals surface area contributed by atoms with Gasteiger partial charge in [-0.2, -0.15) is 0 Å². The monoisotopic (exact) mass is 270 g/mol. The predicted molar refractivity (Wildman–Crippen MR) is 77.6 cm³/mol. The SMILES string of the molecule is O=C(O)Cc1ccccc1C12CC3CC(CC(C3)C1)C2. The van der Waals surface area contributed by atoms with Crippen molar-refractivity contribution in [2.24, 2.45) is 17.8 Å². The minimum Gasteiger partial charge on any atom is -0.481 e. The van der Waals surface area contributed by atoms with Crippen molar-refractivity contribution < 1.29 is 9.90 Å². The molecule has 4 aliphatic rings. The van der Waals surface area contributed by atoms with Gasteiger partial charge in [0.1, 0.15) is 0 Å². The van der Waals surface area contributed by atoms with Gasteiger partial charge in [-0.05, 0) is 72.8 Å². The number of hydrogen-bond donors (Lipinski definition) is 1. The van der Waals surface area contributed by atoms with Crippen LogP contribution in [0.15, 0.2) is 24.3 Å². The molecule has 0 atom stereocenters. The lowest BCUT2D eigenvalue weighted by molar-refractivity contribution is -0.136. The van der Waals surface area contributed by atoms with Crippen molar-refractivity contribution in [1.29, 1.82) is 0 Å². The van der Waals surface area contributed by atoms with Crippen molar-refractivity contribution in [2.45, 2.75) is 50.4 Å². The lowest BCUT2D eigenvalue weighted by atomic mass is 9.47. The quantitative estimate of drug-likeness (QED) is 0.907. The van der Waals surface area contributed by atoms with Crippen molar-refractivity contribution in [3.05, 3.63) is 35.4 Å². The van der Waals surface area contributed by atoms with E-state index in [0.29, 0.717) is 5.41 Å². The molecule has 0 aromatic heterocycles. The first-order valence-electron chi connectivity index (χ1n) is 7.95. The number of rotatable bonds is 3. The zero-order valence-corrected chi connectivity index (χ0v) is 11.8. The molecule has 4 saturated carbocycles. The average Bonchev–Trinajstić information content (AvgIpc) is 2.36. The number of benzene rings is 1. The normalized spacial score (nSPS) is 38.1. The van der Waals surface area contributed by atoms with Gasteiger partial charge in [-0.1, -0.05) is 24.3 Å².